The lowest BCUT2D eigenvalue weighted by Crippen LogP contribution is -2.44. The molecule has 1 aliphatic rings. The van der Waals surface area contributed by atoms with Crippen molar-refractivity contribution >= 4 is 21.6 Å². The zero-order valence-corrected chi connectivity index (χ0v) is 22.3. The summed E-state index contributed by atoms with van der Waals surface area (Å²) in [6.07, 6.45) is 2.29. The van der Waals surface area contributed by atoms with Gasteiger partial charge in [0.1, 0.15) is 11.4 Å². The molecular formula is C29H34N2O4S. The zero-order valence-electron chi connectivity index (χ0n) is 21.5. The number of ether oxygens (including phenoxy) is 1. The van der Waals surface area contributed by atoms with Gasteiger partial charge in [-0.2, -0.15) is 0 Å². The second-order valence-corrected chi connectivity index (χ2v) is 11.3. The van der Waals surface area contributed by atoms with Crippen LogP contribution in [0.2, 0.25) is 0 Å². The van der Waals surface area contributed by atoms with Gasteiger partial charge < -0.3 is 10.1 Å². The Kier molecular flexibility index (Phi) is 7.14. The minimum atomic E-state index is -3.89. The van der Waals surface area contributed by atoms with Gasteiger partial charge in [-0.05, 0) is 80.6 Å². The molecule has 0 aliphatic carbocycles. The normalized spacial score (nSPS) is 16.5. The topological polar surface area (TPSA) is 84.5 Å². The van der Waals surface area contributed by atoms with Crippen molar-refractivity contribution < 1.29 is 17.9 Å². The number of hydrogen-bond acceptors (Lipinski definition) is 4. The maximum atomic E-state index is 13.4. The third kappa shape index (κ3) is 5.12. The smallest absolute Gasteiger partial charge is 0.262 e. The van der Waals surface area contributed by atoms with Gasteiger partial charge in [-0.1, -0.05) is 44.2 Å². The molecule has 0 unspecified atom stereocenters. The van der Waals surface area contributed by atoms with Gasteiger partial charge in [0.15, 0.2) is 0 Å². The number of aryl methyl sites for hydroxylation is 3. The number of benzene rings is 3. The second kappa shape index (κ2) is 9.97. The Morgan fingerprint density at radius 2 is 1.64 bits per heavy atom. The van der Waals surface area contributed by atoms with Crippen molar-refractivity contribution in [2.75, 3.05) is 4.72 Å². The SMILES string of the molecule is CCC1(CC)C[C@H](NC(=O)c2ccc(C)c(S(=O)(=O)Nc3ccc(C)c(C)c3)c2)c2ccccc2O1. The molecule has 4 rings (SSSR count). The van der Waals surface area contributed by atoms with Crippen LogP contribution in [0.5, 0.6) is 5.75 Å². The van der Waals surface area contributed by atoms with Crippen molar-refractivity contribution in [1.29, 1.82) is 0 Å². The number of nitrogens with one attached hydrogen (secondary N) is 2. The summed E-state index contributed by atoms with van der Waals surface area (Å²) in [5.41, 5.74) is 3.99. The highest BCUT2D eigenvalue weighted by molar-refractivity contribution is 7.92. The Balaban J connectivity index is 1.61. The number of anilines is 1. The lowest BCUT2D eigenvalue weighted by molar-refractivity contribution is 0.0227. The molecule has 0 saturated carbocycles. The van der Waals surface area contributed by atoms with E-state index in [0.29, 0.717) is 23.2 Å². The highest BCUT2D eigenvalue weighted by Gasteiger charge is 2.39. The van der Waals surface area contributed by atoms with Gasteiger partial charge >= 0.3 is 0 Å². The van der Waals surface area contributed by atoms with E-state index >= 15 is 0 Å². The highest BCUT2D eigenvalue weighted by atomic mass is 32.2. The molecule has 2 N–H and O–H groups in total. The summed E-state index contributed by atoms with van der Waals surface area (Å²) < 4.78 is 35.5. The number of carbonyl (C=O) groups is 1. The van der Waals surface area contributed by atoms with Crippen molar-refractivity contribution in [3.05, 3.63) is 88.5 Å². The standard InChI is InChI=1S/C29H34N2O4S/c1-6-29(7-2)18-25(24-10-8-9-11-26(24)35-29)30-28(32)22-14-12-20(4)27(17-22)36(33,34)31-23-15-13-19(3)21(5)16-23/h8-17,25,31H,6-7,18H2,1-5H3,(H,30,32)/t25-/m0/s1. The van der Waals surface area contributed by atoms with Crippen molar-refractivity contribution in [1.82, 2.24) is 5.32 Å². The quantitative estimate of drug-likeness (QED) is 0.398. The largest absolute Gasteiger partial charge is 0.487 e. The lowest BCUT2D eigenvalue weighted by Gasteiger charge is -2.41. The number of amides is 1. The fourth-order valence-corrected chi connectivity index (χ4v) is 6.04. The van der Waals surface area contributed by atoms with Gasteiger partial charge in [-0.3, -0.25) is 9.52 Å². The first-order chi connectivity index (χ1) is 17.1. The first-order valence-corrected chi connectivity index (χ1v) is 13.9. The van der Waals surface area contributed by atoms with Crippen LogP contribution >= 0.6 is 0 Å². The summed E-state index contributed by atoms with van der Waals surface area (Å²) in [5.74, 6) is 0.461. The van der Waals surface area contributed by atoms with Gasteiger partial charge in [-0.25, -0.2) is 8.42 Å². The third-order valence-electron chi connectivity index (χ3n) is 7.29. The van der Waals surface area contributed by atoms with E-state index < -0.39 is 10.0 Å². The third-order valence-corrected chi connectivity index (χ3v) is 8.81. The van der Waals surface area contributed by atoms with Crippen LogP contribution < -0.4 is 14.8 Å². The van der Waals surface area contributed by atoms with E-state index in [9.17, 15) is 13.2 Å². The molecule has 3 aromatic rings. The molecule has 1 amide bonds. The molecule has 1 aliphatic heterocycles. The molecule has 0 spiro atoms. The highest BCUT2D eigenvalue weighted by Crippen LogP contribution is 2.42. The van der Waals surface area contributed by atoms with Crippen LogP contribution in [-0.4, -0.2) is 19.9 Å². The molecule has 6 nitrogen and oxygen atoms in total. The van der Waals surface area contributed by atoms with Gasteiger partial charge in [-0.15, -0.1) is 0 Å². The first kappa shape index (κ1) is 25.8. The Morgan fingerprint density at radius 1 is 0.944 bits per heavy atom. The molecule has 1 heterocycles. The van der Waals surface area contributed by atoms with Crippen molar-refractivity contribution in [2.24, 2.45) is 0 Å². The molecule has 3 aromatic carbocycles. The van der Waals surface area contributed by atoms with E-state index in [1.54, 1.807) is 31.2 Å². The van der Waals surface area contributed by atoms with Crippen molar-refractivity contribution in [3.8, 4) is 5.75 Å². The predicted octanol–water partition coefficient (Wildman–Crippen LogP) is 6.23. The minimum Gasteiger partial charge on any atom is -0.487 e. The Labute approximate surface area is 214 Å². The number of sulfonamides is 1. The average molecular weight is 507 g/mol. The van der Waals surface area contributed by atoms with Crippen LogP contribution in [0.25, 0.3) is 0 Å². The summed E-state index contributed by atoms with van der Waals surface area (Å²) >= 11 is 0. The molecule has 1 atom stereocenters. The number of carbonyl (C=O) groups excluding carboxylic acids is 1. The molecule has 0 aromatic heterocycles. The molecule has 0 radical (unpaired) electrons. The van der Waals surface area contributed by atoms with Gasteiger partial charge in [0.05, 0.1) is 10.9 Å². The van der Waals surface area contributed by atoms with Crippen molar-refractivity contribution in [3.63, 3.8) is 0 Å². The van der Waals surface area contributed by atoms with Crippen LogP contribution in [0, 0.1) is 20.8 Å². The summed E-state index contributed by atoms with van der Waals surface area (Å²) in [5, 5.41) is 3.14. The maximum Gasteiger partial charge on any atom is 0.262 e. The van der Waals surface area contributed by atoms with Crippen LogP contribution in [0.4, 0.5) is 5.69 Å². The monoisotopic (exact) mass is 506 g/mol. The maximum absolute atomic E-state index is 13.4. The Bertz CT molecular complexity index is 1390. The van der Waals surface area contributed by atoms with E-state index in [2.05, 4.69) is 23.9 Å². The van der Waals surface area contributed by atoms with E-state index in [1.165, 1.54) is 6.07 Å². The number of fused-ring (bicyclic) bond motifs is 1. The first-order valence-electron chi connectivity index (χ1n) is 12.4. The number of hydrogen-bond donors (Lipinski definition) is 2. The molecule has 36 heavy (non-hydrogen) atoms. The van der Waals surface area contributed by atoms with Gasteiger partial charge in [0, 0.05) is 23.2 Å². The number of para-hydroxylation sites is 1. The average Bonchev–Trinajstić information content (AvgIpc) is 2.86. The van der Waals surface area contributed by atoms with Gasteiger partial charge in [0.25, 0.3) is 15.9 Å². The molecule has 0 bridgehead atoms. The van der Waals surface area contributed by atoms with Crippen molar-refractivity contribution in [2.45, 2.75) is 70.4 Å². The molecule has 0 fully saturated rings. The fourth-order valence-electron chi connectivity index (χ4n) is 4.72. The van der Waals surface area contributed by atoms with E-state index in [4.69, 9.17) is 4.74 Å². The molecule has 0 saturated heterocycles. The van der Waals surface area contributed by atoms with Crippen LogP contribution in [0.15, 0.2) is 65.6 Å². The van der Waals surface area contributed by atoms with Crippen LogP contribution in [0.3, 0.4) is 0 Å². The fraction of sp³-hybridized carbons (Fsp3) is 0.345. The van der Waals surface area contributed by atoms with E-state index in [-0.39, 0.29) is 22.4 Å². The minimum absolute atomic E-state index is 0.0808. The summed E-state index contributed by atoms with van der Waals surface area (Å²) in [7, 11) is -3.89. The van der Waals surface area contributed by atoms with E-state index in [0.717, 1.165) is 35.3 Å². The Morgan fingerprint density at radius 3 is 2.33 bits per heavy atom. The van der Waals surface area contributed by atoms with E-state index in [1.807, 2.05) is 44.2 Å². The molecular weight excluding hydrogens is 472 g/mol. The number of rotatable bonds is 7. The predicted molar refractivity (Wildman–Crippen MR) is 143 cm³/mol. The molecule has 190 valence electrons. The lowest BCUT2D eigenvalue weighted by atomic mass is 9.83. The summed E-state index contributed by atoms with van der Waals surface area (Å²) in [6, 6.07) is 17.7. The van der Waals surface area contributed by atoms with Gasteiger partial charge in [0.2, 0.25) is 0 Å². The Hall–Kier alpha value is -3.32. The van der Waals surface area contributed by atoms with Crippen LogP contribution in [0.1, 0.15) is 71.8 Å². The summed E-state index contributed by atoms with van der Waals surface area (Å²) in [6.45, 7) is 9.82. The summed E-state index contributed by atoms with van der Waals surface area (Å²) in [4.78, 5) is 13.5. The second-order valence-electron chi connectivity index (χ2n) is 9.64. The van der Waals surface area contributed by atoms with Crippen LogP contribution in [-0.2, 0) is 10.0 Å². The molecule has 7 heteroatoms. The zero-order chi connectivity index (χ0) is 26.1.